The van der Waals surface area contributed by atoms with Crippen LogP contribution in [-0.2, 0) is 26.2 Å². The first kappa shape index (κ1) is 30.3. The molecule has 6 rings (SSSR count). The van der Waals surface area contributed by atoms with E-state index in [2.05, 4.69) is 9.64 Å². The number of alkyl halides is 3. The highest BCUT2D eigenvalue weighted by atomic mass is 19.4. The molecule has 2 aromatic rings. The second kappa shape index (κ2) is 10.7. The standard InChI is InChI=1S/C33H37F3N2O6/c1-19(2)18-38(27(41)11-8-21-6-5-7-23(16-21)44-33(34,35)36)24-12-13-32(43-20(3)39)26-17-22-9-10-25(40)29-28(22)31(32,30(24)42-29)14-15-37(26)4/h5-11,16,19,24,26,30,40H,12-15,17-18H2,1-4H3/b11-8+/t24?,26-,30?,31+,32-/m1/s1. The Bertz CT molecular complexity index is 1510. The third kappa shape index (κ3) is 4.80. The average Bonchev–Trinajstić information content (AvgIpc) is 3.29. The molecule has 236 valence electrons. The number of benzene rings is 2. The van der Waals surface area contributed by atoms with Gasteiger partial charge in [0.25, 0.3) is 0 Å². The number of likely N-dealkylation sites (tertiary alicyclic amines) is 1. The maximum Gasteiger partial charge on any atom is 0.573 e. The van der Waals surface area contributed by atoms with Gasteiger partial charge < -0.3 is 24.2 Å². The summed E-state index contributed by atoms with van der Waals surface area (Å²) in [5.41, 5.74) is 0.628. The number of aromatic hydroxyl groups is 1. The summed E-state index contributed by atoms with van der Waals surface area (Å²) in [5, 5.41) is 11.0. The van der Waals surface area contributed by atoms with E-state index < -0.39 is 29.5 Å². The van der Waals surface area contributed by atoms with E-state index in [0.717, 1.165) is 17.7 Å². The maximum atomic E-state index is 14.0. The van der Waals surface area contributed by atoms with Gasteiger partial charge in [0.1, 0.15) is 17.5 Å². The predicted molar refractivity (Wildman–Crippen MR) is 155 cm³/mol. The summed E-state index contributed by atoms with van der Waals surface area (Å²) in [5.74, 6) is -0.560. The van der Waals surface area contributed by atoms with Crippen molar-refractivity contribution in [1.29, 1.82) is 0 Å². The van der Waals surface area contributed by atoms with E-state index in [-0.39, 0.29) is 35.3 Å². The molecule has 2 unspecified atom stereocenters. The van der Waals surface area contributed by atoms with Gasteiger partial charge in [-0.2, -0.15) is 0 Å². The Morgan fingerprint density at radius 3 is 2.70 bits per heavy atom. The van der Waals surface area contributed by atoms with Gasteiger partial charge in [-0.15, -0.1) is 13.2 Å². The Balaban J connectivity index is 1.40. The van der Waals surface area contributed by atoms with Crippen molar-refractivity contribution < 1.29 is 42.1 Å². The number of halogens is 3. The molecule has 0 radical (unpaired) electrons. The highest BCUT2D eigenvalue weighted by molar-refractivity contribution is 5.92. The lowest BCUT2D eigenvalue weighted by atomic mass is 9.48. The van der Waals surface area contributed by atoms with Crippen molar-refractivity contribution in [2.45, 2.75) is 82.0 Å². The number of ether oxygens (including phenoxy) is 3. The molecule has 1 spiro atoms. The molecule has 2 fully saturated rings. The van der Waals surface area contributed by atoms with Gasteiger partial charge in [-0.1, -0.05) is 32.0 Å². The molecule has 0 aromatic heterocycles. The van der Waals surface area contributed by atoms with Crippen LogP contribution >= 0.6 is 0 Å². The van der Waals surface area contributed by atoms with Gasteiger partial charge in [0.15, 0.2) is 11.5 Å². The number of amides is 1. The molecule has 1 N–H and O–H groups in total. The first-order valence-electron chi connectivity index (χ1n) is 15.0. The summed E-state index contributed by atoms with van der Waals surface area (Å²) < 4.78 is 55.4. The molecule has 2 bridgehead atoms. The van der Waals surface area contributed by atoms with Crippen LogP contribution in [0.4, 0.5) is 13.2 Å². The van der Waals surface area contributed by atoms with E-state index in [9.17, 15) is 27.9 Å². The zero-order valence-electron chi connectivity index (χ0n) is 25.2. The van der Waals surface area contributed by atoms with Crippen molar-refractivity contribution in [3.05, 3.63) is 59.2 Å². The molecule has 5 atom stereocenters. The minimum atomic E-state index is -4.83. The van der Waals surface area contributed by atoms with Crippen LogP contribution in [0.5, 0.6) is 17.2 Å². The van der Waals surface area contributed by atoms with Gasteiger partial charge in [-0.3, -0.25) is 14.5 Å². The third-order valence-electron chi connectivity index (χ3n) is 9.74. The summed E-state index contributed by atoms with van der Waals surface area (Å²) in [6.45, 7) is 6.56. The third-order valence-corrected chi connectivity index (χ3v) is 9.74. The Labute approximate surface area is 254 Å². The summed E-state index contributed by atoms with van der Waals surface area (Å²) in [6, 6.07) is 8.49. The second-order valence-electron chi connectivity index (χ2n) is 12.8. The molecule has 1 amide bonds. The molecule has 8 nitrogen and oxygen atoms in total. The minimum absolute atomic E-state index is 0.0166. The Hall–Kier alpha value is -3.73. The van der Waals surface area contributed by atoms with Crippen LogP contribution in [0.2, 0.25) is 0 Å². The van der Waals surface area contributed by atoms with Crippen molar-refractivity contribution in [1.82, 2.24) is 9.80 Å². The fraction of sp³-hybridized carbons (Fsp3) is 0.515. The summed E-state index contributed by atoms with van der Waals surface area (Å²) in [6.07, 6.45) is -0.319. The smallest absolute Gasteiger partial charge is 0.504 e. The van der Waals surface area contributed by atoms with E-state index in [1.165, 1.54) is 37.3 Å². The first-order valence-corrected chi connectivity index (χ1v) is 15.0. The number of piperidine rings is 1. The Kier molecular flexibility index (Phi) is 7.38. The number of hydrogen-bond acceptors (Lipinski definition) is 7. The van der Waals surface area contributed by atoms with Crippen LogP contribution in [0.1, 0.15) is 56.7 Å². The number of carbonyl (C=O) groups excluding carboxylic acids is 2. The average molecular weight is 615 g/mol. The van der Waals surface area contributed by atoms with E-state index in [0.29, 0.717) is 43.5 Å². The molecule has 2 aliphatic carbocycles. The number of carbonyl (C=O) groups is 2. The fourth-order valence-corrected chi connectivity index (χ4v) is 8.34. The summed E-state index contributed by atoms with van der Waals surface area (Å²) >= 11 is 0. The zero-order chi connectivity index (χ0) is 31.6. The fourth-order valence-electron chi connectivity index (χ4n) is 8.34. The Morgan fingerprint density at radius 1 is 1.23 bits per heavy atom. The second-order valence-corrected chi connectivity index (χ2v) is 12.8. The normalized spacial score (nSPS) is 28.9. The van der Waals surface area contributed by atoms with Crippen molar-refractivity contribution in [2.75, 3.05) is 20.1 Å². The zero-order valence-corrected chi connectivity index (χ0v) is 25.2. The van der Waals surface area contributed by atoms with Crippen LogP contribution in [0, 0.1) is 5.92 Å². The molecule has 2 aliphatic heterocycles. The highest BCUT2D eigenvalue weighted by Gasteiger charge is 2.75. The lowest BCUT2D eigenvalue weighted by Gasteiger charge is -2.65. The molecule has 1 saturated heterocycles. The van der Waals surface area contributed by atoms with Crippen LogP contribution < -0.4 is 9.47 Å². The largest absolute Gasteiger partial charge is 0.573 e. The number of likely N-dealkylation sites (N-methyl/N-ethyl adjacent to an activating group) is 1. The monoisotopic (exact) mass is 614 g/mol. The molecule has 2 heterocycles. The van der Waals surface area contributed by atoms with E-state index in [4.69, 9.17) is 9.47 Å². The number of nitrogens with zero attached hydrogens (tertiary/aromatic N) is 2. The van der Waals surface area contributed by atoms with Crippen LogP contribution in [-0.4, -0.2) is 77.1 Å². The number of rotatable bonds is 7. The number of esters is 1. The van der Waals surface area contributed by atoms with Gasteiger partial charge >= 0.3 is 12.3 Å². The van der Waals surface area contributed by atoms with Crippen molar-refractivity contribution in [3.63, 3.8) is 0 Å². The predicted octanol–water partition coefficient (Wildman–Crippen LogP) is 5.21. The van der Waals surface area contributed by atoms with E-state index >= 15 is 0 Å². The number of phenolic OH excluding ortho intramolecular Hbond substituents is 1. The molecular weight excluding hydrogens is 577 g/mol. The molecule has 2 aromatic carbocycles. The topological polar surface area (TPSA) is 88.5 Å². The van der Waals surface area contributed by atoms with Gasteiger partial charge in [0, 0.05) is 25.1 Å². The molecular formula is C33H37F3N2O6. The maximum absolute atomic E-state index is 14.0. The molecule has 4 aliphatic rings. The Morgan fingerprint density at radius 2 is 2.00 bits per heavy atom. The first-order chi connectivity index (χ1) is 20.8. The summed E-state index contributed by atoms with van der Waals surface area (Å²) in [4.78, 5) is 30.7. The van der Waals surface area contributed by atoms with Gasteiger partial charge in [-0.25, -0.2) is 0 Å². The van der Waals surface area contributed by atoms with Gasteiger partial charge in [0.05, 0.1) is 17.5 Å². The van der Waals surface area contributed by atoms with Crippen LogP contribution in [0.3, 0.4) is 0 Å². The summed E-state index contributed by atoms with van der Waals surface area (Å²) in [7, 11) is 2.04. The number of phenols is 1. The van der Waals surface area contributed by atoms with E-state index in [1.54, 1.807) is 17.0 Å². The van der Waals surface area contributed by atoms with Crippen molar-refractivity contribution in [3.8, 4) is 17.2 Å². The SMILES string of the molecule is CC(=O)O[C@@]12CCC(N(CC(C)C)C(=O)/C=C/c3cccc(OC(F)(F)F)c3)C3Oc4c(O)ccc5c4[C@@]31CCN(C)[C@@H]2C5. The van der Waals surface area contributed by atoms with E-state index in [1.807, 2.05) is 27.0 Å². The molecule has 1 saturated carbocycles. The van der Waals surface area contributed by atoms with Gasteiger partial charge in [-0.05, 0) is 80.6 Å². The minimum Gasteiger partial charge on any atom is -0.504 e. The van der Waals surface area contributed by atoms with Crippen molar-refractivity contribution >= 4 is 18.0 Å². The van der Waals surface area contributed by atoms with Gasteiger partial charge in [0.2, 0.25) is 5.91 Å². The molecule has 11 heteroatoms. The van der Waals surface area contributed by atoms with Crippen LogP contribution in [0.15, 0.2) is 42.5 Å². The number of hydrogen-bond donors (Lipinski definition) is 1. The lowest BCUT2D eigenvalue weighted by Crippen LogP contribution is -2.79. The quantitative estimate of drug-likeness (QED) is 0.338. The highest BCUT2D eigenvalue weighted by Crippen LogP contribution is 2.67. The van der Waals surface area contributed by atoms with Crippen molar-refractivity contribution in [2.24, 2.45) is 5.92 Å². The lowest BCUT2D eigenvalue weighted by molar-refractivity contribution is -0.274. The van der Waals surface area contributed by atoms with Crippen LogP contribution in [0.25, 0.3) is 6.08 Å². The molecule has 44 heavy (non-hydrogen) atoms.